The lowest BCUT2D eigenvalue weighted by Crippen LogP contribution is -2.52. The quantitative estimate of drug-likeness (QED) is 0.356. The molecule has 2 amide bonds. The maximum absolute atomic E-state index is 13.3. The molecule has 2 N–H and O–H groups in total. The Morgan fingerprint density at radius 1 is 1.07 bits per heavy atom. The molecule has 1 atom stereocenters. The van der Waals surface area contributed by atoms with Crippen molar-refractivity contribution in [2.24, 2.45) is 0 Å². The van der Waals surface area contributed by atoms with Crippen LogP contribution in [0.1, 0.15) is 28.5 Å². The van der Waals surface area contributed by atoms with Gasteiger partial charge in [0.2, 0.25) is 0 Å². The predicted octanol–water partition coefficient (Wildman–Crippen LogP) is 3.48. The first-order valence-corrected chi connectivity index (χ1v) is 15.9. The van der Waals surface area contributed by atoms with E-state index in [4.69, 9.17) is 0 Å². The number of aryl methyl sites for hydroxylation is 1. The number of anilines is 1. The zero-order valence-electron chi connectivity index (χ0n) is 24.6. The number of aromatic nitrogens is 1. The van der Waals surface area contributed by atoms with Crippen molar-refractivity contribution < 1.29 is 22.7 Å². The molecule has 0 aliphatic carbocycles. The Kier molecular flexibility index (Phi) is 10.3. The third kappa shape index (κ3) is 7.92. The number of rotatable bonds is 10. The zero-order chi connectivity index (χ0) is 30.4. The number of methoxy groups -OCH3 is 1. The third-order valence-electron chi connectivity index (χ3n) is 6.85. The van der Waals surface area contributed by atoms with Crippen LogP contribution in [0.5, 0.6) is 0 Å². The molecule has 0 bridgehead atoms. The molecule has 2 heterocycles. The van der Waals surface area contributed by atoms with Gasteiger partial charge in [0.1, 0.15) is 0 Å². The Bertz CT molecular complexity index is 1520. The number of sulfonamides is 1. The van der Waals surface area contributed by atoms with Crippen LogP contribution in [0.3, 0.4) is 0 Å². The van der Waals surface area contributed by atoms with Crippen LogP contribution in [0.2, 0.25) is 0 Å². The van der Waals surface area contributed by atoms with E-state index in [0.717, 1.165) is 29.0 Å². The van der Waals surface area contributed by atoms with Crippen molar-refractivity contribution >= 4 is 38.5 Å². The standard InChI is InChI=1S/C29H38N6O5S2/c1-20(30-26(36)25-11-7-10-24(17-25)23-9-6-8-22(16-23)19-33(3)4)18-34-12-14-35(15-13-34)42(38,39)27-21(2)31-28(41-27)32-29(37)40-5/h6-11,16-17,20H,12-15,18-19H2,1-5H3,(H,30,36)(H,31,32,37). The predicted molar refractivity (Wildman–Crippen MR) is 164 cm³/mol. The molecular weight excluding hydrogens is 576 g/mol. The highest BCUT2D eigenvalue weighted by Crippen LogP contribution is 2.30. The molecule has 0 radical (unpaired) electrons. The van der Waals surface area contributed by atoms with Crippen LogP contribution < -0.4 is 10.6 Å². The van der Waals surface area contributed by atoms with Crippen molar-refractivity contribution in [1.29, 1.82) is 0 Å². The molecule has 1 aliphatic rings. The Labute approximate surface area is 251 Å². The lowest BCUT2D eigenvalue weighted by molar-refractivity contribution is 0.0922. The first-order valence-electron chi connectivity index (χ1n) is 13.7. The minimum Gasteiger partial charge on any atom is -0.453 e. The number of nitrogens with zero attached hydrogens (tertiary/aromatic N) is 4. The highest BCUT2D eigenvalue weighted by Gasteiger charge is 2.32. The SMILES string of the molecule is COC(=O)Nc1nc(C)c(S(=O)(=O)N2CCN(CC(C)NC(=O)c3cccc(-c4cccc(CN(C)C)c4)c3)CC2)s1. The molecule has 0 saturated carbocycles. The smallest absolute Gasteiger partial charge is 0.413 e. The van der Waals surface area contributed by atoms with E-state index < -0.39 is 16.1 Å². The summed E-state index contributed by atoms with van der Waals surface area (Å²) in [6.45, 7) is 6.68. The van der Waals surface area contributed by atoms with Crippen molar-refractivity contribution in [2.45, 2.75) is 30.6 Å². The van der Waals surface area contributed by atoms with Crippen molar-refractivity contribution in [3.8, 4) is 11.1 Å². The normalized spacial score (nSPS) is 15.4. The van der Waals surface area contributed by atoms with Crippen LogP contribution in [-0.4, -0.2) is 99.5 Å². The fourth-order valence-corrected chi connectivity index (χ4v) is 7.84. The lowest BCUT2D eigenvalue weighted by Gasteiger charge is -2.35. The molecule has 42 heavy (non-hydrogen) atoms. The van der Waals surface area contributed by atoms with E-state index in [9.17, 15) is 18.0 Å². The summed E-state index contributed by atoms with van der Waals surface area (Å²) < 4.78 is 32.7. The van der Waals surface area contributed by atoms with Crippen molar-refractivity contribution in [2.75, 3.05) is 59.2 Å². The highest BCUT2D eigenvalue weighted by atomic mass is 32.2. The van der Waals surface area contributed by atoms with Gasteiger partial charge in [0.15, 0.2) is 9.34 Å². The molecule has 1 unspecified atom stereocenters. The van der Waals surface area contributed by atoms with Crippen molar-refractivity contribution in [3.05, 3.63) is 65.4 Å². The minimum absolute atomic E-state index is 0.106. The van der Waals surface area contributed by atoms with Crippen LogP contribution in [0.4, 0.5) is 9.93 Å². The maximum Gasteiger partial charge on any atom is 0.413 e. The molecule has 11 nitrogen and oxygen atoms in total. The Morgan fingerprint density at radius 2 is 1.74 bits per heavy atom. The fraction of sp³-hybridized carbons (Fsp3) is 0.414. The van der Waals surface area contributed by atoms with Gasteiger partial charge in [-0.2, -0.15) is 4.31 Å². The van der Waals surface area contributed by atoms with Gasteiger partial charge in [-0.15, -0.1) is 0 Å². The van der Waals surface area contributed by atoms with Crippen LogP contribution in [0, 0.1) is 6.92 Å². The summed E-state index contributed by atoms with van der Waals surface area (Å²) in [5.41, 5.74) is 4.17. The summed E-state index contributed by atoms with van der Waals surface area (Å²) in [7, 11) is 1.54. The second-order valence-corrected chi connectivity index (χ2v) is 13.7. The summed E-state index contributed by atoms with van der Waals surface area (Å²) in [6, 6.07) is 15.8. The van der Waals surface area contributed by atoms with Crippen molar-refractivity contribution in [3.63, 3.8) is 0 Å². The van der Waals surface area contributed by atoms with Crippen LogP contribution >= 0.6 is 11.3 Å². The first kappa shape index (κ1) is 31.6. The van der Waals surface area contributed by atoms with Gasteiger partial charge in [-0.25, -0.2) is 18.2 Å². The first-order chi connectivity index (χ1) is 20.0. The number of hydrogen-bond acceptors (Lipinski definition) is 9. The number of thiazole rings is 1. The molecule has 3 aromatic rings. The number of carbonyl (C=O) groups is 2. The third-order valence-corrected chi connectivity index (χ3v) is 10.4. The number of amides is 2. The number of carbonyl (C=O) groups excluding carboxylic acids is 2. The van der Waals surface area contributed by atoms with Gasteiger partial charge in [-0.1, -0.05) is 41.7 Å². The van der Waals surface area contributed by atoms with Gasteiger partial charge in [0.05, 0.1) is 12.8 Å². The van der Waals surface area contributed by atoms with E-state index in [1.807, 2.05) is 57.4 Å². The molecule has 4 rings (SSSR count). The number of piperazine rings is 1. The van der Waals surface area contributed by atoms with E-state index >= 15 is 0 Å². The summed E-state index contributed by atoms with van der Waals surface area (Å²) in [5.74, 6) is -0.146. The van der Waals surface area contributed by atoms with Crippen LogP contribution in [0.25, 0.3) is 11.1 Å². The van der Waals surface area contributed by atoms with E-state index in [0.29, 0.717) is 44.0 Å². The summed E-state index contributed by atoms with van der Waals surface area (Å²) in [6.07, 6.45) is -0.708. The summed E-state index contributed by atoms with van der Waals surface area (Å²) in [4.78, 5) is 33.0. The Hall–Kier alpha value is -3.36. The highest BCUT2D eigenvalue weighted by molar-refractivity contribution is 7.91. The van der Waals surface area contributed by atoms with Crippen LogP contribution in [0.15, 0.2) is 52.7 Å². The summed E-state index contributed by atoms with van der Waals surface area (Å²) >= 11 is 0.907. The second kappa shape index (κ2) is 13.7. The average molecular weight is 615 g/mol. The number of hydrogen-bond donors (Lipinski definition) is 2. The van der Waals surface area contributed by atoms with Gasteiger partial charge in [-0.3, -0.25) is 15.0 Å². The van der Waals surface area contributed by atoms with Gasteiger partial charge >= 0.3 is 6.09 Å². The van der Waals surface area contributed by atoms with E-state index in [1.165, 1.54) is 17.0 Å². The molecule has 226 valence electrons. The van der Waals surface area contributed by atoms with E-state index in [2.05, 4.69) is 42.3 Å². The van der Waals surface area contributed by atoms with E-state index in [-0.39, 0.29) is 21.3 Å². The molecule has 0 spiro atoms. The second-order valence-electron chi connectivity index (χ2n) is 10.6. The number of nitrogens with one attached hydrogen (secondary N) is 2. The lowest BCUT2D eigenvalue weighted by atomic mass is 10.0. The molecule has 1 saturated heterocycles. The van der Waals surface area contributed by atoms with Gasteiger partial charge in [0.25, 0.3) is 15.9 Å². The average Bonchev–Trinajstić information content (AvgIpc) is 3.33. The molecular formula is C29H38N6O5S2. The Morgan fingerprint density at radius 3 is 2.40 bits per heavy atom. The monoisotopic (exact) mass is 614 g/mol. The zero-order valence-corrected chi connectivity index (χ0v) is 26.2. The summed E-state index contributed by atoms with van der Waals surface area (Å²) in [5, 5.41) is 5.68. The van der Waals surface area contributed by atoms with Gasteiger partial charge in [-0.05, 0) is 62.8 Å². The topological polar surface area (TPSA) is 124 Å². The van der Waals surface area contributed by atoms with Gasteiger partial charge < -0.3 is 15.0 Å². The van der Waals surface area contributed by atoms with Crippen LogP contribution in [-0.2, 0) is 21.3 Å². The molecule has 1 aromatic heterocycles. The molecule has 13 heteroatoms. The number of benzene rings is 2. The largest absolute Gasteiger partial charge is 0.453 e. The van der Waals surface area contributed by atoms with E-state index in [1.54, 1.807) is 6.92 Å². The Balaban J connectivity index is 1.31. The van der Waals surface area contributed by atoms with Gasteiger partial charge in [0, 0.05) is 50.9 Å². The fourth-order valence-electron chi connectivity index (χ4n) is 4.88. The minimum atomic E-state index is -3.76. The molecule has 2 aromatic carbocycles. The molecule has 1 fully saturated rings. The van der Waals surface area contributed by atoms with Crippen molar-refractivity contribution in [1.82, 2.24) is 24.4 Å². The molecule has 1 aliphatic heterocycles. The maximum atomic E-state index is 13.3. The number of ether oxygens (including phenoxy) is 1.